The standard InChI is InChI=1S/C16H24N4O3S.ClH/c1-17-7-4-13-5-9-20(10-6-13)16(21)14-3-2-8-19-11-12-24(22,23)18-15(14)19;/h2-3,8,13,17H,4-7,9-12H2,1H3;1H. The Labute approximate surface area is 155 Å². The first-order chi connectivity index (χ1) is 11.5. The molecule has 0 aromatic heterocycles. The van der Waals surface area contributed by atoms with Crippen LogP contribution in [0, 0.1) is 5.92 Å². The maximum absolute atomic E-state index is 12.8. The van der Waals surface area contributed by atoms with E-state index in [0.717, 1.165) is 25.8 Å². The quantitative estimate of drug-likeness (QED) is 0.768. The van der Waals surface area contributed by atoms with E-state index in [0.29, 0.717) is 31.1 Å². The van der Waals surface area contributed by atoms with Crippen LogP contribution in [0.4, 0.5) is 0 Å². The van der Waals surface area contributed by atoms with Crippen LogP contribution < -0.4 is 5.32 Å². The number of nitrogens with zero attached hydrogens (tertiary/aromatic N) is 3. The maximum atomic E-state index is 12.8. The monoisotopic (exact) mass is 388 g/mol. The molecular formula is C16H25ClN4O3S. The largest absolute Gasteiger partial charge is 0.339 e. The summed E-state index contributed by atoms with van der Waals surface area (Å²) < 4.78 is 27.4. The van der Waals surface area contributed by atoms with Gasteiger partial charge in [0.15, 0.2) is 5.84 Å². The molecule has 140 valence electrons. The van der Waals surface area contributed by atoms with Gasteiger partial charge < -0.3 is 15.1 Å². The zero-order valence-corrected chi connectivity index (χ0v) is 16.0. The summed E-state index contributed by atoms with van der Waals surface area (Å²) in [6.45, 7) is 2.77. The van der Waals surface area contributed by atoms with E-state index in [9.17, 15) is 13.2 Å². The first kappa shape index (κ1) is 19.9. The predicted molar refractivity (Wildman–Crippen MR) is 100 cm³/mol. The highest BCUT2D eigenvalue weighted by Gasteiger charge is 2.33. The van der Waals surface area contributed by atoms with Gasteiger partial charge in [-0.1, -0.05) is 0 Å². The van der Waals surface area contributed by atoms with Crippen LogP contribution in [0.25, 0.3) is 0 Å². The summed E-state index contributed by atoms with van der Waals surface area (Å²) in [7, 11) is -1.52. The van der Waals surface area contributed by atoms with E-state index in [-0.39, 0.29) is 29.9 Å². The topological polar surface area (TPSA) is 82.1 Å². The highest BCUT2D eigenvalue weighted by atomic mass is 35.5. The third kappa shape index (κ3) is 4.62. The predicted octanol–water partition coefficient (Wildman–Crippen LogP) is 0.754. The van der Waals surface area contributed by atoms with Gasteiger partial charge in [-0.15, -0.1) is 16.8 Å². The molecule has 1 N–H and O–H groups in total. The molecule has 1 saturated heterocycles. The zero-order valence-electron chi connectivity index (χ0n) is 14.3. The molecule has 3 heterocycles. The average Bonchev–Trinajstić information content (AvgIpc) is 2.58. The first-order valence-corrected chi connectivity index (χ1v) is 10.0. The van der Waals surface area contributed by atoms with Crippen molar-refractivity contribution < 1.29 is 13.2 Å². The van der Waals surface area contributed by atoms with Gasteiger partial charge in [-0.05, 0) is 50.9 Å². The van der Waals surface area contributed by atoms with Crippen molar-refractivity contribution in [2.24, 2.45) is 10.3 Å². The number of halogens is 1. The van der Waals surface area contributed by atoms with Crippen molar-refractivity contribution in [2.45, 2.75) is 19.3 Å². The van der Waals surface area contributed by atoms with Crippen molar-refractivity contribution >= 4 is 34.2 Å². The van der Waals surface area contributed by atoms with E-state index in [1.165, 1.54) is 0 Å². The summed E-state index contributed by atoms with van der Waals surface area (Å²) in [6, 6.07) is 0. The van der Waals surface area contributed by atoms with Crippen LogP contribution in [0.5, 0.6) is 0 Å². The molecule has 0 bridgehead atoms. The van der Waals surface area contributed by atoms with Crippen molar-refractivity contribution in [3.05, 3.63) is 23.9 Å². The number of carbonyl (C=O) groups excluding carboxylic acids is 1. The summed E-state index contributed by atoms with van der Waals surface area (Å²) in [6.07, 6.45) is 8.34. The number of amidine groups is 1. The van der Waals surface area contributed by atoms with E-state index in [4.69, 9.17) is 0 Å². The number of sulfonamides is 1. The number of hydrogen-bond acceptors (Lipinski definition) is 5. The lowest BCUT2D eigenvalue weighted by Crippen LogP contribution is -2.45. The van der Waals surface area contributed by atoms with Crippen LogP contribution in [0.15, 0.2) is 28.3 Å². The molecule has 7 nitrogen and oxygen atoms in total. The summed E-state index contributed by atoms with van der Waals surface area (Å²) in [5.41, 5.74) is 0.384. The molecule has 0 saturated carbocycles. The second-order valence-electron chi connectivity index (χ2n) is 6.44. The average molecular weight is 389 g/mol. The molecule has 0 aromatic rings. The minimum atomic E-state index is -3.48. The van der Waals surface area contributed by atoms with Crippen LogP contribution in [0.2, 0.25) is 0 Å². The van der Waals surface area contributed by atoms with E-state index < -0.39 is 10.0 Å². The Hall–Kier alpha value is -1.38. The van der Waals surface area contributed by atoms with Gasteiger partial charge in [0.2, 0.25) is 0 Å². The van der Waals surface area contributed by atoms with Crippen molar-refractivity contribution in [2.75, 3.05) is 39.0 Å². The van der Waals surface area contributed by atoms with Crippen LogP contribution in [0.3, 0.4) is 0 Å². The van der Waals surface area contributed by atoms with Gasteiger partial charge in [0, 0.05) is 25.8 Å². The van der Waals surface area contributed by atoms with Crippen molar-refractivity contribution in [3.63, 3.8) is 0 Å². The normalized spacial score (nSPS) is 22.6. The molecule has 0 aromatic carbocycles. The number of allylic oxidation sites excluding steroid dienone is 2. The summed E-state index contributed by atoms with van der Waals surface area (Å²) in [5, 5.41) is 3.16. The summed E-state index contributed by atoms with van der Waals surface area (Å²) in [4.78, 5) is 16.4. The molecule has 0 atom stereocenters. The van der Waals surface area contributed by atoms with Crippen LogP contribution >= 0.6 is 12.4 Å². The fourth-order valence-electron chi connectivity index (χ4n) is 3.33. The minimum Gasteiger partial charge on any atom is -0.339 e. The summed E-state index contributed by atoms with van der Waals surface area (Å²) >= 11 is 0. The molecule has 0 aliphatic carbocycles. The molecule has 9 heteroatoms. The highest BCUT2D eigenvalue weighted by Crippen LogP contribution is 2.24. The number of rotatable bonds is 4. The molecule has 25 heavy (non-hydrogen) atoms. The van der Waals surface area contributed by atoms with Crippen LogP contribution in [0.1, 0.15) is 19.3 Å². The Balaban J connectivity index is 0.00000225. The number of amides is 1. The van der Waals surface area contributed by atoms with E-state index in [2.05, 4.69) is 9.71 Å². The molecule has 0 unspecified atom stereocenters. The van der Waals surface area contributed by atoms with Gasteiger partial charge in [-0.3, -0.25) is 4.79 Å². The molecule has 1 amide bonds. The second kappa shape index (κ2) is 8.33. The zero-order chi connectivity index (χ0) is 17.2. The van der Waals surface area contributed by atoms with Gasteiger partial charge in [0.05, 0.1) is 11.3 Å². The van der Waals surface area contributed by atoms with Gasteiger partial charge in [0.25, 0.3) is 15.9 Å². The van der Waals surface area contributed by atoms with Crippen molar-refractivity contribution in [1.82, 2.24) is 15.1 Å². The Morgan fingerprint density at radius 1 is 1.32 bits per heavy atom. The molecule has 1 fully saturated rings. The van der Waals surface area contributed by atoms with Crippen LogP contribution in [-0.2, 0) is 14.8 Å². The Morgan fingerprint density at radius 2 is 2.04 bits per heavy atom. The van der Waals surface area contributed by atoms with Gasteiger partial charge in [-0.2, -0.15) is 0 Å². The van der Waals surface area contributed by atoms with Gasteiger partial charge >= 0.3 is 0 Å². The smallest absolute Gasteiger partial charge is 0.257 e. The highest BCUT2D eigenvalue weighted by molar-refractivity contribution is 7.90. The Bertz CT molecular complexity index is 694. The first-order valence-electron chi connectivity index (χ1n) is 8.42. The fourth-order valence-corrected chi connectivity index (χ4v) is 4.31. The number of carbonyl (C=O) groups is 1. The van der Waals surface area contributed by atoms with E-state index >= 15 is 0 Å². The Morgan fingerprint density at radius 3 is 2.72 bits per heavy atom. The number of likely N-dealkylation sites (tertiary alicyclic amines) is 1. The summed E-state index contributed by atoms with van der Waals surface area (Å²) in [5.74, 6) is 0.781. The van der Waals surface area contributed by atoms with Crippen molar-refractivity contribution in [1.29, 1.82) is 0 Å². The molecule has 0 radical (unpaired) electrons. The van der Waals surface area contributed by atoms with E-state index in [1.807, 2.05) is 11.9 Å². The number of nitrogens with one attached hydrogen (secondary N) is 1. The van der Waals surface area contributed by atoms with Crippen molar-refractivity contribution in [3.8, 4) is 0 Å². The lowest BCUT2D eigenvalue weighted by Gasteiger charge is -2.35. The lowest BCUT2D eigenvalue weighted by molar-refractivity contribution is -0.128. The number of piperidine rings is 1. The molecular weight excluding hydrogens is 364 g/mol. The third-order valence-electron chi connectivity index (χ3n) is 4.79. The molecule has 0 spiro atoms. The maximum Gasteiger partial charge on any atom is 0.257 e. The Kier molecular flexibility index (Phi) is 6.65. The second-order valence-corrected chi connectivity index (χ2v) is 8.20. The number of hydrogen-bond donors (Lipinski definition) is 1. The van der Waals surface area contributed by atoms with Gasteiger partial charge in [0.1, 0.15) is 0 Å². The molecule has 3 aliphatic rings. The SMILES string of the molecule is CNCCC1CCN(C(=O)C2=CC=CN3CCS(=O)(=O)N=C23)CC1.Cl. The third-order valence-corrected chi connectivity index (χ3v) is 5.94. The number of fused-ring (bicyclic) bond motifs is 1. The van der Waals surface area contributed by atoms with Crippen LogP contribution in [-0.4, -0.2) is 68.9 Å². The fraction of sp³-hybridized carbons (Fsp3) is 0.625. The molecule has 3 aliphatic heterocycles. The lowest BCUT2D eigenvalue weighted by atomic mass is 9.93. The minimum absolute atomic E-state index is 0. The molecule has 3 rings (SSSR count). The van der Waals surface area contributed by atoms with Gasteiger partial charge in [-0.25, -0.2) is 8.42 Å². The van der Waals surface area contributed by atoms with E-state index in [1.54, 1.807) is 23.3 Å².